The number of para-hydroxylation sites is 1. The molecule has 72 valence electrons. The van der Waals surface area contributed by atoms with Gasteiger partial charge in [-0.25, -0.2) is 4.68 Å². The fourth-order valence-electron chi connectivity index (χ4n) is 1.36. The zero-order valence-corrected chi connectivity index (χ0v) is 7.84. The number of nitrogens with zero attached hydrogens (tertiary/aromatic N) is 2. The largest absolute Gasteiger partial charge is 0.492 e. The van der Waals surface area contributed by atoms with Crippen molar-refractivity contribution in [3.05, 3.63) is 36.7 Å². The molecule has 0 aliphatic carbocycles. The number of hydrogen-bond donors (Lipinski definition) is 1. The van der Waals surface area contributed by atoms with Crippen molar-refractivity contribution >= 4 is 5.69 Å². The van der Waals surface area contributed by atoms with Crippen molar-refractivity contribution in [2.75, 3.05) is 12.8 Å². The number of nitrogens with two attached hydrogens (primary N) is 1. The van der Waals surface area contributed by atoms with Gasteiger partial charge in [-0.15, -0.1) is 0 Å². The molecule has 4 nitrogen and oxygen atoms in total. The molecular weight excluding hydrogens is 178 g/mol. The molecular formula is C10H11N3O. The molecule has 0 aliphatic rings. The molecule has 0 spiro atoms. The number of methoxy groups -OCH3 is 1. The molecule has 14 heavy (non-hydrogen) atoms. The highest BCUT2D eigenvalue weighted by molar-refractivity contribution is 5.63. The number of rotatable bonds is 2. The lowest BCUT2D eigenvalue weighted by molar-refractivity contribution is 0.414. The van der Waals surface area contributed by atoms with Crippen LogP contribution in [-0.2, 0) is 0 Å². The molecule has 0 saturated heterocycles. The minimum atomic E-state index is 0.612. The maximum absolute atomic E-state index is 5.77. The molecule has 1 heterocycles. The summed E-state index contributed by atoms with van der Waals surface area (Å²) in [6, 6.07) is 7.42. The van der Waals surface area contributed by atoms with Crippen molar-refractivity contribution in [1.82, 2.24) is 9.78 Å². The summed E-state index contributed by atoms with van der Waals surface area (Å²) in [6.07, 6.45) is 3.56. The van der Waals surface area contributed by atoms with Crippen molar-refractivity contribution in [2.24, 2.45) is 0 Å². The Hall–Kier alpha value is -1.97. The molecule has 0 fully saturated rings. The molecule has 1 aromatic carbocycles. The van der Waals surface area contributed by atoms with Crippen molar-refractivity contribution in [3.63, 3.8) is 0 Å². The highest BCUT2D eigenvalue weighted by Crippen LogP contribution is 2.28. The smallest absolute Gasteiger partial charge is 0.167 e. The summed E-state index contributed by atoms with van der Waals surface area (Å²) in [5.74, 6) is 0.649. The maximum Gasteiger partial charge on any atom is 0.167 e. The SMILES string of the molecule is COc1c(N)cccc1-n1cccn1. The number of aromatic nitrogens is 2. The first-order valence-electron chi connectivity index (χ1n) is 4.25. The number of benzene rings is 1. The van der Waals surface area contributed by atoms with E-state index in [4.69, 9.17) is 10.5 Å². The maximum atomic E-state index is 5.77. The molecule has 2 N–H and O–H groups in total. The van der Waals surface area contributed by atoms with E-state index in [1.54, 1.807) is 24.1 Å². The lowest BCUT2D eigenvalue weighted by Gasteiger charge is -2.10. The first-order chi connectivity index (χ1) is 6.83. The second-order valence-electron chi connectivity index (χ2n) is 2.85. The quantitative estimate of drug-likeness (QED) is 0.728. The molecule has 4 heteroatoms. The van der Waals surface area contributed by atoms with E-state index in [-0.39, 0.29) is 0 Å². The van der Waals surface area contributed by atoms with Gasteiger partial charge in [-0.1, -0.05) is 6.07 Å². The molecule has 0 radical (unpaired) electrons. The van der Waals surface area contributed by atoms with Crippen LogP contribution in [0.5, 0.6) is 5.75 Å². The van der Waals surface area contributed by atoms with E-state index in [0.717, 1.165) is 5.69 Å². The van der Waals surface area contributed by atoms with Crippen LogP contribution in [-0.4, -0.2) is 16.9 Å². The monoisotopic (exact) mass is 189 g/mol. The number of anilines is 1. The fraction of sp³-hybridized carbons (Fsp3) is 0.100. The summed E-state index contributed by atoms with van der Waals surface area (Å²) in [5, 5.41) is 4.12. The second kappa shape index (κ2) is 3.41. The zero-order valence-electron chi connectivity index (χ0n) is 7.84. The molecule has 1 aromatic heterocycles. The van der Waals surface area contributed by atoms with Gasteiger partial charge in [0.1, 0.15) is 5.69 Å². The number of ether oxygens (including phenoxy) is 1. The van der Waals surface area contributed by atoms with E-state index in [2.05, 4.69) is 5.10 Å². The van der Waals surface area contributed by atoms with Gasteiger partial charge in [-0.05, 0) is 18.2 Å². The summed E-state index contributed by atoms with van der Waals surface area (Å²) < 4.78 is 6.93. The van der Waals surface area contributed by atoms with Crippen LogP contribution in [0.3, 0.4) is 0 Å². The van der Waals surface area contributed by atoms with Crippen LogP contribution in [0.4, 0.5) is 5.69 Å². The van der Waals surface area contributed by atoms with Crippen LogP contribution in [0.2, 0.25) is 0 Å². The Labute approximate surface area is 81.9 Å². The van der Waals surface area contributed by atoms with Crippen LogP contribution in [0, 0.1) is 0 Å². The topological polar surface area (TPSA) is 53.1 Å². The normalized spacial score (nSPS) is 10.1. The second-order valence-corrected chi connectivity index (χ2v) is 2.85. The summed E-state index contributed by atoms with van der Waals surface area (Å²) in [6.45, 7) is 0. The molecule has 0 bridgehead atoms. The Morgan fingerprint density at radius 2 is 2.21 bits per heavy atom. The Bertz CT molecular complexity index is 423. The van der Waals surface area contributed by atoms with Crippen LogP contribution in [0.15, 0.2) is 36.7 Å². The highest BCUT2D eigenvalue weighted by atomic mass is 16.5. The van der Waals surface area contributed by atoms with Crippen LogP contribution >= 0.6 is 0 Å². The van der Waals surface area contributed by atoms with Gasteiger partial charge in [0.25, 0.3) is 0 Å². The summed E-state index contributed by atoms with van der Waals surface area (Å²) in [7, 11) is 1.60. The van der Waals surface area contributed by atoms with Gasteiger partial charge in [-0.2, -0.15) is 5.10 Å². The van der Waals surface area contributed by atoms with Gasteiger partial charge in [0.05, 0.1) is 12.8 Å². The number of hydrogen-bond acceptors (Lipinski definition) is 3. The number of nitrogen functional groups attached to an aromatic ring is 1. The zero-order chi connectivity index (χ0) is 9.97. The highest BCUT2D eigenvalue weighted by Gasteiger charge is 2.07. The Morgan fingerprint density at radius 1 is 1.36 bits per heavy atom. The van der Waals surface area contributed by atoms with E-state index in [0.29, 0.717) is 11.4 Å². The summed E-state index contributed by atoms with van der Waals surface area (Å²) in [5.41, 5.74) is 7.23. The van der Waals surface area contributed by atoms with Crippen molar-refractivity contribution in [3.8, 4) is 11.4 Å². The lowest BCUT2D eigenvalue weighted by Crippen LogP contribution is -2.01. The lowest BCUT2D eigenvalue weighted by atomic mass is 10.2. The van der Waals surface area contributed by atoms with Crippen LogP contribution in [0.25, 0.3) is 5.69 Å². The molecule has 0 saturated carbocycles. The predicted molar refractivity (Wildman–Crippen MR) is 54.5 cm³/mol. The average Bonchev–Trinajstić information content (AvgIpc) is 2.70. The minimum absolute atomic E-state index is 0.612. The first-order valence-corrected chi connectivity index (χ1v) is 4.25. The standard InChI is InChI=1S/C10H11N3O/c1-14-10-8(11)4-2-5-9(10)13-7-3-6-12-13/h2-7H,11H2,1H3. The van der Waals surface area contributed by atoms with E-state index < -0.39 is 0 Å². The van der Waals surface area contributed by atoms with Crippen molar-refractivity contribution < 1.29 is 4.74 Å². The van der Waals surface area contributed by atoms with E-state index in [1.807, 2.05) is 24.4 Å². The minimum Gasteiger partial charge on any atom is -0.492 e. The first kappa shape index (κ1) is 8.62. The summed E-state index contributed by atoms with van der Waals surface area (Å²) >= 11 is 0. The fourth-order valence-corrected chi connectivity index (χ4v) is 1.36. The third kappa shape index (κ3) is 1.31. The Kier molecular flexibility index (Phi) is 2.10. The van der Waals surface area contributed by atoms with Crippen molar-refractivity contribution in [1.29, 1.82) is 0 Å². The molecule has 2 rings (SSSR count). The third-order valence-corrected chi connectivity index (χ3v) is 1.98. The average molecular weight is 189 g/mol. The molecule has 0 unspecified atom stereocenters. The van der Waals surface area contributed by atoms with Gasteiger partial charge in [0, 0.05) is 12.4 Å². The molecule has 0 atom stereocenters. The van der Waals surface area contributed by atoms with E-state index >= 15 is 0 Å². The molecule has 0 aliphatic heterocycles. The third-order valence-electron chi connectivity index (χ3n) is 1.98. The predicted octanol–water partition coefficient (Wildman–Crippen LogP) is 1.46. The molecule has 2 aromatic rings. The van der Waals surface area contributed by atoms with Crippen LogP contribution in [0.1, 0.15) is 0 Å². The van der Waals surface area contributed by atoms with Gasteiger partial charge in [0.15, 0.2) is 5.75 Å². The Morgan fingerprint density at radius 3 is 2.86 bits per heavy atom. The van der Waals surface area contributed by atoms with E-state index in [9.17, 15) is 0 Å². The van der Waals surface area contributed by atoms with Gasteiger partial charge < -0.3 is 10.5 Å². The molecule has 0 amide bonds. The summed E-state index contributed by atoms with van der Waals surface area (Å²) in [4.78, 5) is 0. The van der Waals surface area contributed by atoms with Crippen LogP contribution < -0.4 is 10.5 Å². The van der Waals surface area contributed by atoms with Gasteiger partial charge in [-0.3, -0.25) is 0 Å². The Balaban J connectivity index is 2.58. The van der Waals surface area contributed by atoms with Crippen molar-refractivity contribution in [2.45, 2.75) is 0 Å². The van der Waals surface area contributed by atoms with E-state index in [1.165, 1.54) is 0 Å². The van der Waals surface area contributed by atoms with Gasteiger partial charge >= 0.3 is 0 Å². The van der Waals surface area contributed by atoms with Gasteiger partial charge in [0.2, 0.25) is 0 Å².